The normalized spacial score (nSPS) is 17.0. The van der Waals surface area contributed by atoms with Crippen LogP contribution in [0.5, 0.6) is 0 Å². The third kappa shape index (κ3) is 5.62. The van der Waals surface area contributed by atoms with Crippen molar-refractivity contribution >= 4 is 40.1 Å². The lowest BCUT2D eigenvalue weighted by molar-refractivity contribution is -0.128. The van der Waals surface area contributed by atoms with Crippen molar-refractivity contribution < 1.29 is 14.0 Å². The number of thioether (sulfide) groups is 1. The van der Waals surface area contributed by atoms with Gasteiger partial charge in [-0.3, -0.25) is 14.5 Å². The van der Waals surface area contributed by atoms with E-state index in [4.69, 9.17) is 0 Å². The third-order valence-corrected chi connectivity index (χ3v) is 6.14. The fourth-order valence-corrected chi connectivity index (χ4v) is 4.52. The monoisotopic (exact) mass is 447 g/mol. The lowest BCUT2D eigenvalue weighted by atomic mass is 10.1. The van der Waals surface area contributed by atoms with Crippen LogP contribution in [0.2, 0.25) is 0 Å². The summed E-state index contributed by atoms with van der Waals surface area (Å²) in [5.41, 5.74) is 2.36. The van der Waals surface area contributed by atoms with Crippen LogP contribution < -0.4 is 5.32 Å². The topological polar surface area (TPSA) is 61.8 Å². The van der Waals surface area contributed by atoms with Gasteiger partial charge in [-0.25, -0.2) is 9.38 Å². The second-order valence-corrected chi connectivity index (χ2v) is 8.49. The molecule has 1 saturated heterocycles. The summed E-state index contributed by atoms with van der Waals surface area (Å²) in [5.74, 6) is -0.658. The Morgan fingerprint density at radius 3 is 2.31 bits per heavy atom. The van der Waals surface area contributed by atoms with Crippen molar-refractivity contribution in [3.8, 4) is 0 Å². The van der Waals surface area contributed by atoms with Gasteiger partial charge in [0, 0.05) is 18.7 Å². The van der Waals surface area contributed by atoms with Gasteiger partial charge in [-0.05, 0) is 48.4 Å². The highest BCUT2D eigenvalue weighted by Crippen LogP contribution is 2.32. The quantitative estimate of drug-likeness (QED) is 0.553. The van der Waals surface area contributed by atoms with E-state index in [0.717, 1.165) is 11.3 Å². The Kier molecular flexibility index (Phi) is 6.97. The summed E-state index contributed by atoms with van der Waals surface area (Å²) in [4.78, 5) is 32.0. The predicted octanol–water partition coefficient (Wildman–Crippen LogP) is 5.03. The van der Waals surface area contributed by atoms with Crippen LogP contribution in [0, 0.1) is 5.82 Å². The number of nitrogens with zero attached hydrogens (tertiary/aromatic N) is 2. The maximum absolute atomic E-state index is 13.2. The van der Waals surface area contributed by atoms with Crippen molar-refractivity contribution in [3.05, 3.63) is 96.3 Å². The Morgan fingerprint density at radius 1 is 0.969 bits per heavy atom. The Morgan fingerprint density at radius 2 is 1.62 bits per heavy atom. The molecule has 0 bridgehead atoms. The molecule has 0 spiro atoms. The van der Waals surface area contributed by atoms with E-state index in [1.54, 1.807) is 29.2 Å². The molecule has 1 aliphatic rings. The lowest BCUT2D eigenvalue weighted by Crippen LogP contribution is -2.35. The molecule has 162 valence electrons. The number of carbonyl (C=O) groups is 2. The number of nitrogens with one attached hydrogen (secondary N) is 1. The van der Waals surface area contributed by atoms with E-state index in [1.807, 2.05) is 48.5 Å². The van der Waals surface area contributed by atoms with Crippen LogP contribution in [-0.2, 0) is 16.0 Å². The molecule has 32 heavy (non-hydrogen) atoms. The summed E-state index contributed by atoms with van der Waals surface area (Å²) in [6.07, 6.45) is 0.614. The largest absolute Gasteiger partial charge is 0.326 e. The van der Waals surface area contributed by atoms with Gasteiger partial charge in [0.05, 0.1) is 5.69 Å². The minimum absolute atomic E-state index is 0.0548. The molecule has 0 aliphatic carbocycles. The van der Waals surface area contributed by atoms with Crippen LogP contribution in [0.1, 0.15) is 12.0 Å². The maximum Gasteiger partial charge on any atom is 0.242 e. The number of amides is 2. The van der Waals surface area contributed by atoms with Gasteiger partial charge in [-0.15, -0.1) is 0 Å². The van der Waals surface area contributed by atoms with Gasteiger partial charge in [0.1, 0.15) is 11.1 Å². The van der Waals surface area contributed by atoms with E-state index in [9.17, 15) is 14.0 Å². The molecular formula is C25H22FN3O2S. The van der Waals surface area contributed by atoms with Gasteiger partial charge < -0.3 is 5.32 Å². The Bertz CT molecular complexity index is 1110. The van der Waals surface area contributed by atoms with Gasteiger partial charge in [0.2, 0.25) is 11.8 Å². The fourth-order valence-electron chi connectivity index (χ4n) is 3.34. The van der Waals surface area contributed by atoms with Crippen LogP contribution in [-0.4, -0.2) is 33.7 Å². The molecule has 4 rings (SSSR count). The zero-order valence-electron chi connectivity index (χ0n) is 17.3. The average molecular weight is 448 g/mol. The van der Waals surface area contributed by atoms with Crippen LogP contribution in [0.4, 0.5) is 15.8 Å². The van der Waals surface area contributed by atoms with E-state index in [0.29, 0.717) is 23.8 Å². The van der Waals surface area contributed by atoms with Gasteiger partial charge >= 0.3 is 0 Å². The number of amidine groups is 1. The Hall–Kier alpha value is -3.45. The SMILES string of the molecule is O=C(C[C@H]1SC(=Nc2ccccc2)N(CCc2ccc(F)cc2)C1=O)Nc1ccccc1. The van der Waals surface area contributed by atoms with Crippen molar-refractivity contribution in [2.24, 2.45) is 4.99 Å². The van der Waals surface area contributed by atoms with Crippen molar-refractivity contribution in [1.82, 2.24) is 4.90 Å². The average Bonchev–Trinajstić information content (AvgIpc) is 3.08. The molecule has 1 heterocycles. The standard InChI is InChI=1S/C25H22FN3O2S/c26-19-13-11-18(12-14-19)15-16-29-24(31)22(17-23(30)27-20-7-3-1-4-8-20)32-25(29)28-21-9-5-2-6-10-21/h1-14,22H,15-17H2,(H,27,30)/t22-/m1/s1. The summed E-state index contributed by atoms with van der Waals surface area (Å²) in [6.45, 7) is 0.403. The first-order valence-corrected chi connectivity index (χ1v) is 11.2. The molecule has 0 saturated carbocycles. The highest BCUT2D eigenvalue weighted by Gasteiger charge is 2.39. The number of para-hydroxylation sites is 2. The van der Waals surface area contributed by atoms with E-state index < -0.39 is 5.25 Å². The number of anilines is 1. The number of carbonyl (C=O) groups excluding carboxylic acids is 2. The number of aliphatic imine (C=N–C) groups is 1. The molecular weight excluding hydrogens is 425 g/mol. The van der Waals surface area contributed by atoms with Crippen molar-refractivity contribution in [2.45, 2.75) is 18.1 Å². The van der Waals surface area contributed by atoms with E-state index in [-0.39, 0.29) is 24.1 Å². The third-order valence-electron chi connectivity index (χ3n) is 4.97. The summed E-state index contributed by atoms with van der Waals surface area (Å²) in [5, 5.41) is 2.86. The molecule has 1 atom stereocenters. The molecule has 1 fully saturated rings. The number of halogens is 1. The van der Waals surface area contributed by atoms with Crippen molar-refractivity contribution in [3.63, 3.8) is 0 Å². The minimum atomic E-state index is -0.547. The fraction of sp³-hybridized carbons (Fsp3) is 0.160. The molecule has 0 aromatic heterocycles. The Balaban J connectivity index is 1.49. The molecule has 7 heteroatoms. The Labute approximate surface area is 190 Å². The molecule has 0 radical (unpaired) electrons. The van der Waals surface area contributed by atoms with Crippen LogP contribution >= 0.6 is 11.8 Å². The van der Waals surface area contributed by atoms with E-state index in [2.05, 4.69) is 10.3 Å². The molecule has 3 aromatic carbocycles. The second kappa shape index (κ2) is 10.2. The number of hydrogen-bond donors (Lipinski definition) is 1. The summed E-state index contributed by atoms with van der Waals surface area (Å²) in [6, 6.07) is 24.8. The predicted molar refractivity (Wildman–Crippen MR) is 126 cm³/mol. The maximum atomic E-state index is 13.2. The zero-order chi connectivity index (χ0) is 22.3. The van der Waals surface area contributed by atoms with Crippen molar-refractivity contribution in [1.29, 1.82) is 0 Å². The van der Waals surface area contributed by atoms with Crippen molar-refractivity contribution in [2.75, 3.05) is 11.9 Å². The van der Waals surface area contributed by atoms with Crippen LogP contribution in [0.3, 0.4) is 0 Å². The minimum Gasteiger partial charge on any atom is -0.326 e. The first-order valence-electron chi connectivity index (χ1n) is 10.3. The summed E-state index contributed by atoms with van der Waals surface area (Å²) >= 11 is 1.30. The summed E-state index contributed by atoms with van der Waals surface area (Å²) in [7, 11) is 0. The molecule has 3 aromatic rings. The van der Waals surface area contributed by atoms with Gasteiger partial charge in [-0.1, -0.05) is 60.3 Å². The highest BCUT2D eigenvalue weighted by atomic mass is 32.2. The molecule has 5 nitrogen and oxygen atoms in total. The molecule has 1 aliphatic heterocycles. The van der Waals surface area contributed by atoms with E-state index in [1.165, 1.54) is 23.9 Å². The molecule has 0 unspecified atom stereocenters. The highest BCUT2D eigenvalue weighted by molar-refractivity contribution is 8.15. The number of hydrogen-bond acceptors (Lipinski definition) is 4. The first kappa shape index (κ1) is 21.8. The number of rotatable bonds is 7. The molecule has 2 amide bonds. The van der Waals surface area contributed by atoms with Crippen LogP contribution in [0.15, 0.2) is 89.9 Å². The molecule has 1 N–H and O–H groups in total. The van der Waals surface area contributed by atoms with E-state index >= 15 is 0 Å². The van der Waals surface area contributed by atoms with Gasteiger partial charge in [0.15, 0.2) is 5.17 Å². The summed E-state index contributed by atoms with van der Waals surface area (Å²) < 4.78 is 13.2. The van der Waals surface area contributed by atoms with Crippen LogP contribution in [0.25, 0.3) is 0 Å². The zero-order valence-corrected chi connectivity index (χ0v) is 18.1. The van der Waals surface area contributed by atoms with Gasteiger partial charge in [0.25, 0.3) is 0 Å². The number of benzene rings is 3. The first-order chi connectivity index (χ1) is 15.6. The second-order valence-electron chi connectivity index (χ2n) is 7.32. The lowest BCUT2D eigenvalue weighted by Gasteiger charge is -2.16. The van der Waals surface area contributed by atoms with Gasteiger partial charge in [-0.2, -0.15) is 0 Å². The smallest absolute Gasteiger partial charge is 0.242 e.